The van der Waals surface area contributed by atoms with Crippen LogP contribution in [0.2, 0.25) is 0 Å². The maximum Gasteiger partial charge on any atom is 0.321 e. The molecular weight excluding hydrogens is 380 g/mol. The minimum Gasteiger partial charge on any atom is -0.480 e. The van der Waals surface area contributed by atoms with E-state index in [1.807, 2.05) is 6.92 Å². The Balaban J connectivity index is 5.41. The Morgan fingerprint density at radius 2 is 1.17 bits per heavy atom. The number of hydrogen-bond donors (Lipinski definition) is 4. The van der Waals surface area contributed by atoms with Crippen molar-refractivity contribution in [3.05, 3.63) is 0 Å². The molecule has 2 atom stereocenters. The Morgan fingerprint density at radius 1 is 0.724 bits per heavy atom. The van der Waals surface area contributed by atoms with E-state index in [-0.39, 0.29) is 12.3 Å². The fourth-order valence-corrected chi connectivity index (χ4v) is 4.58. The van der Waals surface area contributed by atoms with Crippen LogP contribution in [0.1, 0.15) is 73.6 Å². The van der Waals surface area contributed by atoms with Crippen LogP contribution in [-0.4, -0.2) is 44.3 Å². The lowest BCUT2D eigenvalue weighted by atomic mass is 9.62. The van der Waals surface area contributed by atoms with Crippen LogP contribution in [-0.2, 0) is 19.2 Å². The Labute approximate surface area is 172 Å². The van der Waals surface area contributed by atoms with Crippen molar-refractivity contribution in [1.82, 2.24) is 0 Å². The second-order valence-electron chi connectivity index (χ2n) is 8.57. The number of aliphatic carboxylic acids is 4. The molecule has 0 amide bonds. The van der Waals surface area contributed by atoms with Crippen molar-refractivity contribution in [3.63, 3.8) is 0 Å². The summed E-state index contributed by atoms with van der Waals surface area (Å²) < 4.78 is 0. The summed E-state index contributed by atoms with van der Waals surface area (Å²) in [6.45, 7) is 9.81. The third kappa shape index (κ3) is 5.08. The summed E-state index contributed by atoms with van der Waals surface area (Å²) in [5, 5.41) is 38.4. The summed E-state index contributed by atoms with van der Waals surface area (Å²) in [6, 6.07) is 0. The highest BCUT2D eigenvalue weighted by Gasteiger charge is 2.55. The van der Waals surface area contributed by atoms with Crippen molar-refractivity contribution in [3.8, 4) is 0 Å². The fourth-order valence-electron chi connectivity index (χ4n) is 4.58. The van der Waals surface area contributed by atoms with Crippen LogP contribution in [0.25, 0.3) is 0 Å². The molecule has 168 valence electrons. The van der Waals surface area contributed by atoms with Crippen LogP contribution in [0.15, 0.2) is 0 Å². The Bertz CT molecular complexity index is 580. The van der Waals surface area contributed by atoms with Crippen LogP contribution in [0.4, 0.5) is 0 Å². The molecule has 0 aromatic carbocycles. The largest absolute Gasteiger partial charge is 0.480 e. The Kier molecular flexibility index (Phi) is 9.82. The normalized spacial score (nSPS) is 14.6. The fraction of sp³-hybridized carbons (Fsp3) is 0.810. The van der Waals surface area contributed by atoms with Crippen LogP contribution in [0, 0.1) is 34.5 Å². The monoisotopic (exact) mass is 416 g/mol. The first-order valence-corrected chi connectivity index (χ1v) is 10.2. The molecule has 8 nitrogen and oxygen atoms in total. The molecule has 0 aliphatic carbocycles. The molecule has 29 heavy (non-hydrogen) atoms. The molecule has 4 N–H and O–H groups in total. The zero-order chi connectivity index (χ0) is 23.2. The van der Waals surface area contributed by atoms with Gasteiger partial charge in [0.25, 0.3) is 0 Å². The summed E-state index contributed by atoms with van der Waals surface area (Å²) in [4.78, 5) is 47.2. The van der Waals surface area contributed by atoms with Crippen molar-refractivity contribution >= 4 is 23.9 Å². The molecule has 0 aliphatic rings. The molecule has 0 spiro atoms. The van der Waals surface area contributed by atoms with E-state index in [9.17, 15) is 39.6 Å². The third-order valence-electron chi connectivity index (χ3n) is 6.71. The van der Waals surface area contributed by atoms with Gasteiger partial charge in [0.15, 0.2) is 10.8 Å². The van der Waals surface area contributed by atoms with E-state index in [2.05, 4.69) is 0 Å². The van der Waals surface area contributed by atoms with Gasteiger partial charge in [0.2, 0.25) is 0 Å². The van der Waals surface area contributed by atoms with Gasteiger partial charge in [-0.25, -0.2) is 0 Å². The molecule has 0 bridgehead atoms. The van der Waals surface area contributed by atoms with Gasteiger partial charge in [-0.2, -0.15) is 0 Å². The van der Waals surface area contributed by atoms with Crippen molar-refractivity contribution < 1.29 is 39.6 Å². The first-order chi connectivity index (χ1) is 13.2. The van der Waals surface area contributed by atoms with Crippen molar-refractivity contribution in [2.75, 3.05) is 0 Å². The maximum atomic E-state index is 11.9. The van der Waals surface area contributed by atoms with Gasteiger partial charge < -0.3 is 20.4 Å². The predicted molar refractivity (Wildman–Crippen MR) is 106 cm³/mol. The molecule has 0 fully saturated rings. The average molecular weight is 417 g/mol. The molecular formula is C21H36O8. The second kappa shape index (κ2) is 10.6. The van der Waals surface area contributed by atoms with Gasteiger partial charge in [0.1, 0.15) is 0 Å². The molecule has 8 heteroatoms. The van der Waals surface area contributed by atoms with E-state index in [0.717, 1.165) is 0 Å². The quantitative estimate of drug-likeness (QED) is 0.246. The zero-order valence-electron chi connectivity index (χ0n) is 18.3. The van der Waals surface area contributed by atoms with E-state index in [1.54, 1.807) is 34.6 Å². The van der Waals surface area contributed by atoms with Crippen molar-refractivity contribution in [2.45, 2.75) is 73.6 Å². The van der Waals surface area contributed by atoms with Crippen LogP contribution in [0.5, 0.6) is 0 Å². The molecule has 2 unspecified atom stereocenters. The molecule has 0 aromatic rings. The smallest absolute Gasteiger partial charge is 0.321 e. The van der Waals surface area contributed by atoms with Crippen molar-refractivity contribution in [1.29, 1.82) is 0 Å². The van der Waals surface area contributed by atoms with E-state index in [1.165, 1.54) is 0 Å². The maximum absolute atomic E-state index is 11.9. The summed E-state index contributed by atoms with van der Waals surface area (Å²) in [5.41, 5.74) is -3.78. The molecule has 0 radical (unpaired) electrons. The molecule has 0 saturated carbocycles. The third-order valence-corrected chi connectivity index (χ3v) is 6.71. The SMILES string of the molecule is CCC(CCCCC(C(=O)O)(C(=O)O)C(C)C)C(C)C(C(=O)O)(C(=O)O)C(C)C. The number of rotatable bonds is 14. The topological polar surface area (TPSA) is 149 Å². The van der Waals surface area contributed by atoms with Gasteiger partial charge in [-0.3, -0.25) is 19.2 Å². The second-order valence-corrected chi connectivity index (χ2v) is 8.57. The van der Waals surface area contributed by atoms with Gasteiger partial charge >= 0.3 is 23.9 Å². The predicted octanol–water partition coefficient (Wildman–Crippen LogP) is 3.83. The minimum absolute atomic E-state index is 0.0344. The highest BCUT2D eigenvalue weighted by Crippen LogP contribution is 2.44. The summed E-state index contributed by atoms with van der Waals surface area (Å²) in [6.07, 6.45) is 1.87. The molecule has 0 saturated heterocycles. The Hall–Kier alpha value is -2.12. The highest BCUT2D eigenvalue weighted by atomic mass is 16.4. The van der Waals surface area contributed by atoms with E-state index < -0.39 is 52.5 Å². The van der Waals surface area contributed by atoms with Crippen molar-refractivity contribution in [2.24, 2.45) is 34.5 Å². The number of hydrogen-bond acceptors (Lipinski definition) is 4. The van der Waals surface area contributed by atoms with Crippen LogP contribution >= 0.6 is 0 Å². The lowest BCUT2D eigenvalue weighted by Gasteiger charge is -2.39. The number of unbranched alkanes of at least 4 members (excludes halogenated alkanes) is 1. The summed E-state index contributed by atoms with van der Waals surface area (Å²) in [7, 11) is 0. The van der Waals surface area contributed by atoms with Gasteiger partial charge in [-0.1, -0.05) is 67.2 Å². The molecule has 0 rings (SSSR count). The van der Waals surface area contributed by atoms with E-state index in [0.29, 0.717) is 25.7 Å². The van der Waals surface area contributed by atoms with Gasteiger partial charge in [-0.15, -0.1) is 0 Å². The first-order valence-electron chi connectivity index (χ1n) is 10.2. The van der Waals surface area contributed by atoms with Gasteiger partial charge in [-0.05, 0) is 30.1 Å². The minimum atomic E-state index is -1.91. The lowest BCUT2D eigenvalue weighted by Crippen LogP contribution is -2.51. The average Bonchev–Trinajstić information content (AvgIpc) is 2.56. The molecule has 0 aromatic heterocycles. The molecule has 0 heterocycles. The van der Waals surface area contributed by atoms with E-state index in [4.69, 9.17) is 0 Å². The number of carboxylic acids is 4. The van der Waals surface area contributed by atoms with Crippen LogP contribution in [0.3, 0.4) is 0 Å². The number of carboxylic acid groups (broad SMARTS) is 4. The van der Waals surface area contributed by atoms with E-state index >= 15 is 0 Å². The standard InChI is InChI=1S/C21H36O8/c1-7-15(14(6)21(13(4)5,18(26)27)19(28)29)10-8-9-11-20(12(2)3,16(22)23)17(24)25/h12-15H,7-11H2,1-6H3,(H,22,23)(H,24,25)(H,26,27)(H,28,29). The first kappa shape index (κ1) is 26.9. The number of carbonyl (C=O) groups is 4. The van der Waals surface area contributed by atoms with Crippen LogP contribution < -0.4 is 0 Å². The zero-order valence-corrected chi connectivity index (χ0v) is 18.3. The van der Waals surface area contributed by atoms with Gasteiger partial charge in [0.05, 0.1) is 0 Å². The highest BCUT2D eigenvalue weighted by molar-refractivity contribution is 5.99. The molecule has 0 aliphatic heterocycles. The Morgan fingerprint density at radius 3 is 1.45 bits per heavy atom. The lowest BCUT2D eigenvalue weighted by molar-refractivity contribution is -0.176. The summed E-state index contributed by atoms with van der Waals surface area (Å²) in [5.74, 6) is -7.50. The van der Waals surface area contributed by atoms with Gasteiger partial charge in [0, 0.05) is 0 Å². The summed E-state index contributed by atoms with van der Waals surface area (Å²) >= 11 is 0.